The third-order valence-electron chi connectivity index (χ3n) is 4.97. The molecule has 8 heteroatoms. The highest BCUT2D eigenvalue weighted by Crippen LogP contribution is 2.29. The van der Waals surface area contributed by atoms with Gasteiger partial charge in [0.2, 0.25) is 0 Å². The molecule has 7 nitrogen and oxygen atoms in total. The van der Waals surface area contributed by atoms with E-state index in [0.29, 0.717) is 5.25 Å². The summed E-state index contributed by atoms with van der Waals surface area (Å²) in [5, 5.41) is 4.86. The molecule has 0 radical (unpaired) electrons. The van der Waals surface area contributed by atoms with Crippen LogP contribution < -0.4 is 16.0 Å². The molecule has 0 bridgehead atoms. The lowest BCUT2D eigenvalue weighted by Gasteiger charge is -2.27. The van der Waals surface area contributed by atoms with Crippen LogP contribution in [0.5, 0.6) is 0 Å². The maximum atomic E-state index is 5.75. The van der Waals surface area contributed by atoms with Crippen LogP contribution in [0.2, 0.25) is 0 Å². The van der Waals surface area contributed by atoms with Gasteiger partial charge in [-0.25, -0.2) is 9.97 Å². The average molecular weight is 429 g/mol. The number of aromatic nitrogens is 3. The van der Waals surface area contributed by atoms with Crippen LogP contribution in [-0.4, -0.2) is 59.6 Å². The number of fused-ring (bicyclic) bond motifs is 1. The number of nitrogens with one attached hydrogen (secondary N) is 2. The van der Waals surface area contributed by atoms with Gasteiger partial charge in [0, 0.05) is 36.3 Å². The third kappa shape index (κ3) is 5.65. The Morgan fingerprint density at radius 1 is 1.13 bits per heavy atom. The Bertz CT molecular complexity index is 902. The lowest BCUT2D eigenvalue weighted by molar-refractivity contribution is 0.122. The highest BCUT2D eigenvalue weighted by molar-refractivity contribution is 7.81. The maximum Gasteiger partial charge on any atom is 0.143 e. The number of anilines is 2. The van der Waals surface area contributed by atoms with Gasteiger partial charge in [-0.05, 0) is 36.7 Å². The van der Waals surface area contributed by atoms with E-state index >= 15 is 0 Å². The zero-order valence-electron chi connectivity index (χ0n) is 17.8. The van der Waals surface area contributed by atoms with Gasteiger partial charge < -0.3 is 25.7 Å². The molecule has 3 aromatic rings. The number of morpholine rings is 1. The van der Waals surface area contributed by atoms with E-state index in [1.807, 2.05) is 38.1 Å². The fourth-order valence-electron chi connectivity index (χ4n) is 3.41. The fourth-order valence-corrected chi connectivity index (χ4v) is 3.67. The molecule has 162 valence electrons. The first-order chi connectivity index (χ1) is 14.7. The van der Waals surface area contributed by atoms with E-state index in [4.69, 9.17) is 10.5 Å². The van der Waals surface area contributed by atoms with Crippen molar-refractivity contribution in [1.29, 1.82) is 0 Å². The Morgan fingerprint density at radius 3 is 2.47 bits per heavy atom. The van der Waals surface area contributed by atoms with Gasteiger partial charge in [-0.1, -0.05) is 26.0 Å². The van der Waals surface area contributed by atoms with Crippen molar-refractivity contribution < 1.29 is 4.74 Å². The molecule has 1 unspecified atom stereocenters. The van der Waals surface area contributed by atoms with Crippen LogP contribution in [0.1, 0.15) is 20.3 Å². The number of ether oxygens (including phenoxy) is 1. The number of thiol groups is 1. The van der Waals surface area contributed by atoms with Gasteiger partial charge in [0.05, 0.1) is 18.6 Å². The van der Waals surface area contributed by atoms with Crippen molar-refractivity contribution in [1.82, 2.24) is 20.3 Å². The molecule has 5 rings (SSSR count). The van der Waals surface area contributed by atoms with Crippen LogP contribution in [0, 0.1) is 0 Å². The summed E-state index contributed by atoms with van der Waals surface area (Å²) in [7, 11) is 0. The number of nitrogens with zero attached hydrogens (tertiary/aromatic N) is 3. The minimum absolute atomic E-state index is 0.630. The SMILES string of the molecule is CC.Nc1ccc(-c2cc3c(N4CCOCC4)ncnc3[nH]2)cc1.SC1CCNC1. The molecule has 0 spiro atoms. The lowest BCUT2D eigenvalue weighted by atomic mass is 10.1. The van der Waals surface area contributed by atoms with E-state index in [9.17, 15) is 0 Å². The van der Waals surface area contributed by atoms with Crippen molar-refractivity contribution in [2.24, 2.45) is 0 Å². The highest BCUT2D eigenvalue weighted by Gasteiger charge is 2.17. The Balaban J connectivity index is 0.000000273. The predicted octanol–water partition coefficient (Wildman–Crippen LogP) is 3.35. The smallest absolute Gasteiger partial charge is 0.143 e. The van der Waals surface area contributed by atoms with Crippen molar-refractivity contribution in [2.75, 3.05) is 50.0 Å². The third-order valence-corrected chi connectivity index (χ3v) is 5.41. The monoisotopic (exact) mass is 428 g/mol. The molecule has 2 aromatic heterocycles. The molecule has 2 aliphatic heterocycles. The fraction of sp³-hybridized carbons (Fsp3) is 0.455. The first-order valence-electron chi connectivity index (χ1n) is 10.6. The first-order valence-corrected chi connectivity index (χ1v) is 11.1. The number of hydrogen-bond acceptors (Lipinski definition) is 7. The summed E-state index contributed by atoms with van der Waals surface area (Å²) >= 11 is 4.23. The molecule has 30 heavy (non-hydrogen) atoms. The number of rotatable bonds is 2. The van der Waals surface area contributed by atoms with E-state index in [0.717, 1.165) is 73.2 Å². The minimum atomic E-state index is 0.630. The molecule has 1 atom stereocenters. The normalized spacial score (nSPS) is 18.4. The molecule has 4 N–H and O–H groups in total. The van der Waals surface area contributed by atoms with Crippen LogP contribution >= 0.6 is 12.6 Å². The number of H-pyrrole nitrogens is 1. The summed E-state index contributed by atoms with van der Waals surface area (Å²) in [6.07, 6.45) is 2.85. The van der Waals surface area contributed by atoms with Gasteiger partial charge in [0.1, 0.15) is 17.8 Å². The lowest BCUT2D eigenvalue weighted by Crippen LogP contribution is -2.36. The molecular weight excluding hydrogens is 396 g/mol. The summed E-state index contributed by atoms with van der Waals surface area (Å²) in [6, 6.07) is 9.90. The van der Waals surface area contributed by atoms with Crippen LogP contribution in [0.4, 0.5) is 11.5 Å². The minimum Gasteiger partial charge on any atom is -0.399 e. The summed E-state index contributed by atoms with van der Waals surface area (Å²) in [6.45, 7) is 9.45. The summed E-state index contributed by atoms with van der Waals surface area (Å²) in [5.74, 6) is 0.964. The average Bonchev–Trinajstić information content (AvgIpc) is 3.45. The van der Waals surface area contributed by atoms with E-state index in [-0.39, 0.29) is 0 Å². The number of nitrogens with two attached hydrogens (primary N) is 1. The molecule has 2 aliphatic rings. The second-order valence-corrected chi connectivity index (χ2v) is 7.74. The van der Waals surface area contributed by atoms with Gasteiger partial charge in [-0.15, -0.1) is 0 Å². The van der Waals surface area contributed by atoms with Gasteiger partial charge in [-0.3, -0.25) is 0 Å². The number of benzene rings is 1. The standard InChI is InChI=1S/C16H17N5O.C4H9NS.C2H6/c17-12-3-1-11(2-4-12)14-9-13-15(20-14)18-10-19-16(13)21-5-7-22-8-6-21;6-4-1-2-5-3-4;1-2/h1-4,9-10H,5-8,17H2,(H,18,19,20);4-6H,1-3H2;1-2H3. The molecule has 2 fully saturated rings. The van der Waals surface area contributed by atoms with E-state index in [1.165, 1.54) is 6.42 Å². The van der Waals surface area contributed by atoms with Crippen LogP contribution in [0.15, 0.2) is 36.7 Å². The van der Waals surface area contributed by atoms with Crippen molar-refractivity contribution in [3.8, 4) is 11.3 Å². The number of hydrogen-bond donors (Lipinski definition) is 4. The Morgan fingerprint density at radius 2 is 1.87 bits per heavy atom. The van der Waals surface area contributed by atoms with Crippen LogP contribution in [-0.2, 0) is 4.74 Å². The van der Waals surface area contributed by atoms with Crippen molar-refractivity contribution >= 4 is 35.2 Å². The summed E-state index contributed by atoms with van der Waals surface area (Å²) in [4.78, 5) is 14.4. The van der Waals surface area contributed by atoms with Gasteiger partial charge >= 0.3 is 0 Å². The van der Waals surface area contributed by atoms with Gasteiger partial charge in [0.25, 0.3) is 0 Å². The van der Waals surface area contributed by atoms with Crippen LogP contribution in [0.3, 0.4) is 0 Å². The second-order valence-electron chi connectivity index (χ2n) is 7.01. The number of nitrogen functional groups attached to an aromatic ring is 1. The van der Waals surface area contributed by atoms with Gasteiger partial charge in [0.15, 0.2) is 0 Å². The molecular formula is C22H32N6OS. The van der Waals surface area contributed by atoms with Gasteiger partial charge in [-0.2, -0.15) is 12.6 Å². The Labute approximate surface area is 183 Å². The predicted molar refractivity (Wildman–Crippen MR) is 128 cm³/mol. The van der Waals surface area contributed by atoms with Crippen molar-refractivity contribution in [2.45, 2.75) is 25.5 Å². The zero-order chi connectivity index (χ0) is 21.3. The molecule has 0 saturated carbocycles. The first kappa shape index (κ1) is 22.4. The molecule has 4 heterocycles. The molecule has 0 amide bonds. The molecule has 0 aliphatic carbocycles. The second kappa shape index (κ2) is 11.2. The molecule has 1 aromatic carbocycles. The van der Waals surface area contributed by atoms with E-state index in [2.05, 4.69) is 43.9 Å². The van der Waals surface area contributed by atoms with Crippen LogP contribution in [0.25, 0.3) is 22.3 Å². The van der Waals surface area contributed by atoms with Crippen molar-refractivity contribution in [3.63, 3.8) is 0 Å². The quantitative estimate of drug-likeness (QED) is 0.370. The Hall–Kier alpha value is -2.29. The van der Waals surface area contributed by atoms with Crippen molar-refractivity contribution in [3.05, 3.63) is 36.7 Å². The summed E-state index contributed by atoms with van der Waals surface area (Å²) in [5.41, 5.74) is 9.46. The highest BCUT2D eigenvalue weighted by atomic mass is 32.1. The topological polar surface area (TPSA) is 92.1 Å². The maximum absolute atomic E-state index is 5.75. The zero-order valence-corrected chi connectivity index (χ0v) is 18.7. The number of aromatic amines is 1. The summed E-state index contributed by atoms with van der Waals surface area (Å²) < 4.78 is 5.41. The largest absolute Gasteiger partial charge is 0.399 e. The van der Waals surface area contributed by atoms with E-state index in [1.54, 1.807) is 6.33 Å². The Kier molecular flexibility index (Phi) is 8.36. The van der Waals surface area contributed by atoms with E-state index < -0.39 is 0 Å². The molecule has 2 saturated heterocycles.